The van der Waals surface area contributed by atoms with Crippen molar-refractivity contribution in [3.8, 4) is 0 Å². The van der Waals surface area contributed by atoms with Gasteiger partial charge in [0.05, 0.1) is 6.10 Å². The first kappa shape index (κ1) is 66.0. The van der Waals surface area contributed by atoms with E-state index in [1.54, 1.807) is 79.9 Å². The molecule has 6 amide bonds. The number of hydrogen-bond acceptors (Lipinski definition) is 8. The van der Waals surface area contributed by atoms with E-state index in [0.717, 1.165) is 0 Å². The van der Waals surface area contributed by atoms with E-state index in [1.165, 1.54) is 0 Å². The van der Waals surface area contributed by atoms with E-state index in [0.29, 0.717) is 84.5 Å². The van der Waals surface area contributed by atoms with Crippen LogP contribution in [-0.4, -0.2) is 79.9 Å². The standard InChI is InChI=1S/3C13H13N2O2.C4H11N.C4H10O.C2H6.3W/c3*1-9-7-8-11(13(17)14-9)15-12(16)10-5-3-2-4-6-10;2*1-4(2)5-3;1-2;;;/h3*2-5,11H,1,7-8H2,(H2,14,15,16,17);4-5H,1-3H3;4H,1-3H3;1-2H3;;;/q3*-1;;;;3*+2/p-3. The van der Waals surface area contributed by atoms with Gasteiger partial charge in [0.2, 0.25) is 17.7 Å². The van der Waals surface area contributed by atoms with E-state index in [4.69, 9.17) is 4.74 Å². The monoisotopic (exact) mass is 1410 g/mol. The molecule has 17 heteroatoms. The van der Waals surface area contributed by atoms with Crippen LogP contribution >= 0.6 is 0 Å². The van der Waals surface area contributed by atoms with Crippen LogP contribution in [0.15, 0.2) is 110 Å². The normalized spacial score (nSPS) is 16.7. The minimum Gasteiger partial charge on any atom is -0.684 e. The Labute approximate surface area is 435 Å². The molecular formula is C49H63N7O7W3. The van der Waals surface area contributed by atoms with Crippen molar-refractivity contribution in [2.45, 2.75) is 110 Å². The second-order valence-electron chi connectivity index (χ2n) is 14.3. The molecule has 0 spiro atoms. The van der Waals surface area contributed by atoms with Gasteiger partial charge < -0.3 is 56.3 Å². The Kier molecular flexibility index (Phi) is 37.7. The van der Waals surface area contributed by atoms with Crippen LogP contribution in [0.1, 0.15) is 111 Å². The largest absolute Gasteiger partial charge is 2.00 e. The predicted molar refractivity (Wildman–Crippen MR) is 248 cm³/mol. The second kappa shape index (κ2) is 37.7. The van der Waals surface area contributed by atoms with Crippen molar-refractivity contribution in [1.29, 1.82) is 0 Å². The molecule has 3 unspecified atom stereocenters. The fraction of sp³-hybridized carbons (Fsp3) is 0.388. The van der Waals surface area contributed by atoms with Crippen molar-refractivity contribution in [1.82, 2.24) is 21.3 Å². The van der Waals surface area contributed by atoms with Crippen molar-refractivity contribution >= 4 is 35.4 Å². The SMILES string of the molecule is C=C1CCC([N-]C(=O)c2[c-]cccc2)C(=O)N1.C=C1CCC([N-]C(=O)c2[c-]cccc2)C(=O)N1.C=C1CCC([N-]C(=O)c2[c-]cccc2)C(=O)N1.CC.CNC(C)C.COC(C)C.[W+2].[W+2].[W+2]. The van der Waals surface area contributed by atoms with Gasteiger partial charge >= 0.3 is 63.2 Å². The number of amides is 6. The quantitative estimate of drug-likeness (QED) is 0.162. The van der Waals surface area contributed by atoms with Gasteiger partial charge in [-0.2, -0.15) is 0 Å². The maximum atomic E-state index is 11.7. The van der Waals surface area contributed by atoms with E-state index in [-0.39, 0.29) is 80.9 Å². The molecule has 6 rings (SSSR count). The zero-order valence-electron chi connectivity index (χ0n) is 39.1. The van der Waals surface area contributed by atoms with Crippen LogP contribution in [-0.2, 0) is 82.3 Å². The molecule has 0 aromatic heterocycles. The van der Waals surface area contributed by atoms with Crippen molar-refractivity contribution in [3.05, 3.63) is 160 Å². The summed E-state index contributed by atoms with van der Waals surface area (Å²) >= 11 is 0. The molecule has 3 heterocycles. The van der Waals surface area contributed by atoms with E-state index in [2.05, 4.69) is 89.0 Å². The Bertz CT molecular complexity index is 1720. The Morgan fingerprint density at radius 3 is 1.00 bits per heavy atom. The molecule has 3 aromatic carbocycles. The molecule has 3 atom stereocenters. The second-order valence-corrected chi connectivity index (χ2v) is 14.3. The number of nitrogens with one attached hydrogen (secondary N) is 4. The third-order valence-corrected chi connectivity index (χ3v) is 8.65. The summed E-state index contributed by atoms with van der Waals surface area (Å²) in [4.78, 5) is 69.8. The number of rotatable bonds is 8. The summed E-state index contributed by atoms with van der Waals surface area (Å²) in [5.41, 5.74) is 3.18. The van der Waals surface area contributed by atoms with Crippen LogP contribution < -0.4 is 21.3 Å². The molecule has 66 heavy (non-hydrogen) atoms. The smallest absolute Gasteiger partial charge is 0.684 e. The number of allylic oxidation sites excluding steroid dienone is 3. The molecule has 0 saturated carbocycles. The molecule has 3 saturated heterocycles. The zero-order valence-corrected chi connectivity index (χ0v) is 47.9. The third-order valence-electron chi connectivity index (χ3n) is 8.65. The maximum Gasteiger partial charge on any atom is 2.00 e. The van der Waals surface area contributed by atoms with Crippen LogP contribution in [0.4, 0.5) is 0 Å². The summed E-state index contributed by atoms with van der Waals surface area (Å²) in [6.07, 6.45) is 3.95. The number of hydrogen-bond donors (Lipinski definition) is 4. The van der Waals surface area contributed by atoms with Crippen molar-refractivity contribution in [3.63, 3.8) is 0 Å². The first-order valence-electron chi connectivity index (χ1n) is 20.9. The van der Waals surface area contributed by atoms with Gasteiger partial charge in [-0.3, -0.25) is 14.4 Å². The molecule has 0 radical (unpaired) electrons. The van der Waals surface area contributed by atoms with Crippen LogP contribution in [0.25, 0.3) is 16.0 Å². The van der Waals surface area contributed by atoms with Gasteiger partial charge in [-0.05, 0) is 76.0 Å². The van der Waals surface area contributed by atoms with Gasteiger partial charge in [-0.25, -0.2) is 0 Å². The summed E-state index contributed by atoms with van der Waals surface area (Å²) in [7, 11) is 3.65. The number of methoxy groups -OCH3 is 1. The molecular weight excluding hydrogens is 1350 g/mol. The first-order valence-corrected chi connectivity index (χ1v) is 20.9. The van der Waals surface area contributed by atoms with Crippen LogP contribution in [0.3, 0.4) is 0 Å². The van der Waals surface area contributed by atoms with Gasteiger partial charge in [-0.15, -0.1) is 108 Å². The Hall–Kier alpha value is -4.32. The molecule has 3 aromatic rings. The first-order chi connectivity index (χ1) is 30.0. The number of nitrogens with zero attached hydrogens (tertiary/aromatic N) is 3. The molecule has 3 aliphatic rings. The molecule has 4 N–H and O–H groups in total. The van der Waals surface area contributed by atoms with Crippen molar-refractivity contribution in [2.24, 2.45) is 0 Å². The number of carbonyl (C=O) groups is 6. The zero-order chi connectivity index (χ0) is 47.3. The van der Waals surface area contributed by atoms with Gasteiger partial charge in [0.1, 0.15) is 0 Å². The fourth-order valence-electron chi connectivity index (χ4n) is 4.87. The summed E-state index contributed by atoms with van der Waals surface area (Å²) in [6, 6.07) is 27.5. The molecule has 354 valence electrons. The minimum absolute atomic E-state index is 0. The maximum absolute atomic E-state index is 11.7. The van der Waals surface area contributed by atoms with Crippen molar-refractivity contribution in [2.75, 3.05) is 14.2 Å². The van der Waals surface area contributed by atoms with Crippen LogP contribution in [0, 0.1) is 18.2 Å². The summed E-state index contributed by atoms with van der Waals surface area (Å²) in [5, 5.41) is 22.5. The topological polar surface area (TPSA) is 202 Å². The van der Waals surface area contributed by atoms with Crippen molar-refractivity contribution < 1.29 is 96.7 Å². The van der Waals surface area contributed by atoms with Gasteiger partial charge in [0.25, 0.3) is 0 Å². The summed E-state index contributed by atoms with van der Waals surface area (Å²) < 4.78 is 4.75. The molecule has 3 aliphatic heterocycles. The fourth-order valence-corrected chi connectivity index (χ4v) is 4.87. The van der Waals surface area contributed by atoms with E-state index < -0.39 is 35.8 Å². The molecule has 3 fully saturated rings. The number of carbonyl (C=O) groups excluding carboxylic acids is 6. The predicted octanol–water partition coefficient (Wildman–Crippen LogP) is 8.05. The molecule has 14 nitrogen and oxygen atoms in total. The molecule has 0 bridgehead atoms. The Morgan fingerprint density at radius 1 is 0.591 bits per heavy atom. The summed E-state index contributed by atoms with van der Waals surface area (Å²) in [6.45, 7) is 23.2. The van der Waals surface area contributed by atoms with Crippen LogP contribution in [0.2, 0.25) is 0 Å². The van der Waals surface area contributed by atoms with E-state index in [1.807, 2.05) is 34.7 Å². The van der Waals surface area contributed by atoms with Gasteiger partial charge in [0.15, 0.2) is 0 Å². The minimum atomic E-state index is -0.610. The average Bonchev–Trinajstić information content (AvgIpc) is 3.29. The number of benzene rings is 3. The van der Waals surface area contributed by atoms with E-state index >= 15 is 0 Å². The van der Waals surface area contributed by atoms with Crippen LogP contribution in [0.5, 0.6) is 0 Å². The van der Waals surface area contributed by atoms with E-state index in [9.17, 15) is 28.8 Å². The number of piperidine rings is 3. The molecule has 0 aliphatic carbocycles. The van der Waals surface area contributed by atoms with Gasteiger partial charge in [-0.1, -0.05) is 66.7 Å². The summed E-state index contributed by atoms with van der Waals surface area (Å²) in [5.74, 6) is -1.99. The third kappa shape index (κ3) is 27.4. The van der Waals surface area contributed by atoms with Gasteiger partial charge in [0, 0.05) is 30.2 Å². The Balaban J connectivity index is -0.000000787. The number of ether oxygens (including phenoxy) is 1. The Morgan fingerprint density at radius 2 is 0.833 bits per heavy atom. The average molecular weight is 1410 g/mol.